The van der Waals surface area contributed by atoms with Crippen molar-refractivity contribution in [1.29, 1.82) is 0 Å². The Balaban J connectivity index is 1.28. The number of amides is 3. The number of carbonyl (C=O) groups is 2. The predicted molar refractivity (Wildman–Crippen MR) is 125 cm³/mol. The van der Waals surface area contributed by atoms with E-state index in [4.69, 9.17) is 14.2 Å². The third-order valence-electron chi connectivity index (χ3n) is 6.55. The van der Waals surface area contributed by atoms with Crippen molar-refractivity contribution in [3.63, 3.8) is 0 Å². The molecule has 9 nitrogen and oxygen atoms in total. The number of aliphatic hydroxyl groups is 1. The van der Waals surface area contributed by atoms with E-state index in [0.717, 1.165) is 5.56 Å². The second-order valence-corrected chi connectivity index (χ2v) is 8.80. The third kappa shape index (κ3) is 4.86. The van der Waals surface area contributed by atoms with E-state index in [-0.39, 0.29) is 43.1 Å². The monoisotopic (exact) mass is 467 g/mol. The first kappa shape index (κ1) is 22.6. The van der Waals surface area contributed by atoms with E-state index >= 15 is 0 Å². The van der Waals surface area contributed by atoms with Crippen LogP contribution in [0.4, 0.5) is 16.2 Å². The van der Waals surface area contributed by atoms with Crippen LogP contribution in [0.1, 0.15) is 24.3 Å². The number of anilines is 2. The molecule has 3 aliphatic rings. The Morgan fingerprint density at radius 3 is 2.56 bits per heavy atom. The van der Waals surface area contributed by atoms with E-state index in [0.29, 0.717) is 49.8 Å². The van der Waals surface area contributed by atoms with Crippen LogP contribution in [0.5, 0.6) is 5.75 Å². The van der Waals surface area contributed by atoms with Crippen molar-refractivity contribution in [2.45, 2.75) is 37.1 Å². The molecule has 5 rings (SSSR count). The van der Waals surface area contributed by atoms with Crippen LogP contribution in [0.25, 0.3) is 0 Å². The van der Waals surface area contributed by atoms with Crippen LogP contribution in [0.2, 0.25) is 0 Å². The molecule has 0 saturated carbocycles. The molecule has 0 spiro atoms. The minimum absolute atomic E-state index is 0.0376. The maximum absolute atomic E-state index is 12.8. The highest BCUT2D eigenvalue weighted by Gasteiger charge is 2.46. The van der Waals surface area contributed by atoms with Crippen molar-refractivity contribution < 1.29 is 28.9 Å². The van der Waals surface area contributed by atoms with Crippen LogP contribution in [0, 0.1) is 0 Å². The Bertz CT molecular complexity index is 1030. The molecule has 3 N–H and O–H groups in total. The van der Waals surface area contributed by atoms with Crippen LogP contribution in [0.15, 0.2) is 48.5 Å². The lowest BCUT2D eigenvalue weighted by Gasteiger charge is -2.38. The Labute approximate surface area is 198 Å². The van der Waals surface area contributed by atoms with E-state index < -0.39 is 6.10 Å². The summed E-state index contributed by atoms with van der Waals surface area (Å²) in [5.74, 6) is 0.712. The number of aliphatic hydroxyl groups excluding tert-OH is 1. The molecular formula is C25H29N3O6. The molecule has 0 radical (unpaired) electrons. The predicted octanol–water partition coefficient (Wildman–Crippen LogP) is 2.57. The Hall–Kier alpha value is -3.14. The molecule has 2 aromatic rings. The number of carbonyl (C=O) groups excluding carboxylic acids is 2. The molecule has 2 fully saturated rings. The van der Waals surface area contributed by atoms with Gasteiger partial charge in [-0.3, -0.25) is 4.79 Å². The molecule has 0 bridgehead atoms. The molecule has 0 aliphatic carbocycles. The van der Waals surface area contributed by atoms with E-state index in [1.54, 1.807) is 11.0 Å². The summed E-state index contributed by atoms with van der Waals surface area (Å²) in [5.41, 5.74) is 2.30. The van der Waals surface area contributed by atoms with Crippen LogP contribution >= 0.6 is 0 Å². The molecular weight excluding hydrogens is 438 g/mol. The fourth-order valence-electron chi connectivity index (χ4n) is 4.92. The third-order valence-corrected chi connectivity index (χ3v) is 6.55. The number of morpholine rings is 1. The van der Waals surface area contributed by atoms with Crippen LogP contribution in [-0.4, -0.2) is 73.2 Å². The van der Waals surface area contributed by atoms with Crippen molar-refractivity contribution >= 4 is 23.3 Å². The minimum atomic E-state index is -0.522. The zero-order chi connectivity index (χ0) is 23.5. The molecule has 180 valence electrons. The van der Waals surface area contributed by atoms with Gasteiger partial charge in [0.25, 0.3) is 0 Å². The van der Waals surface area contributed by atoms with Gasteiger partial charge in [-0.2, -0.15) is 0 Å². The van der Waals surface area contributed by atoms with Crippen molar-refractivity contribution in [2.75, 3.05) is 43.5 Å². The number of para-hydroxylation sites is 1. The second-order valence-electron chi connectivity index (χ2n) is 8.80. The van der Waals surface area contributed by atoms with Gasteiger partial charge in [-0.05, 0) is 36.8 Å². The number of nitrogens with zero attached hydrogens (tertiary/aromatic N) is 1. The molecule has 3 heterocycles. The molecule has 2 aromatic carbocycles. The van der Waals surface area contributed by atoms with Crippen LogP contribution in [-0.2, 0) is 14.3 Å². The zero-order valence-electron chi connectivity index (χ0n) is 18.8. The number of urea groups is 1. The van der Waals surface area contributed by atoms with Gasteiger partial charge >= 0.3 is 6.03 Å². The minimum Gasteiger partial charge on any atom is -0.487 e. The van der Waals surface area contributed by atoms with Gasteiger partial charge in [0.1, 0.15) is 18.0 Å². The lowest BCUT2D eigenvalue weighted by molar-refractivity contribution is -0.151. The number of rotatable bonds is 5. The van der Waals surface area contributed by atoms with E-state index in [1.165, 1.54) is 0 Å². The van der Waals surface area contributed by atoms with Gasteiger partial charge in [0.15, 0.2) is 0 Å². The summed E-state index contributed by atoms with van der Waals surface area (Å²) >= 11 is 0. The molecule has 2 saturated heterocycles. The number of hydrogen-bond donors (Lipinski definition) is 3. The summed E-state index contributed by atoms with van der Waals surface area (Å²) in [4.78, 5) is 27.0. The smallest absolute Gasteiger partial charge is 0.323 e. The topological polar surface area (TPSA) is 109 Å². The average molecular weight is 468 g/mol. The first-order chi connectivity index (χ1) is 16.6. The van der Waals surface area contributed by atoms with Gasteiger partial charge in [-0.1, -0.05) is 18.2 Å². The normalized spacial score (nSPS) is 25.6. The fourth-order valence-corrected chi connectivity index (χ4v) is 4.92. The number of hydrogen-bond acceptors (Lipinski definition) is 6. The van der Waals surface area contributed by atoms with Crippen molar-refractivity contribution in [1.82, 2.24) is 4.90 Å². The quantitative estimate of drug-likeness (QED) is 0.624. The molecule has 4 atom stereocenters. The summed E-state index contributed by atoms with van der Waals surface area (Å²) in [7, 11) is 0. The lowest BCUT2D eigenvalue weighted by atomic mass is 9.84. The summed E-state index contributed by atoms with van der Waals surface area (Å²) in [6, 6.07) is 14.4. The standard InChI is InChI=1S/C25H29N3O6/c29-15-22-24-20(13-18(33-22)14-23(30)28-8-10-32-11-9-28)19-12-17(6-7-21(19)34-24)27-25(31)26-16-4-2-1-3-5-16/h1-7,12,18,20,22,24,29H,8-11,13-15H2,(H2,26,27,31)/t18-,20-,22-,24+/m1/s1. The van der Waals surface area contributed by atoms with Gasteiger partial charge < -0.3 is 34.9 Å². The Morgan fingerprint density at radius 2 is 1.79 bits per heavy atom. The molecule has 3 aliphatic heterocycles. The van der Waals surface area contributed by atoms with E-state index in [2.05, 4.69) is 10.6 Å². The molecule has 9 heteroatoms. The summed E-state index contributed by atoms with van der Waals surface area (Å²) < 4.78 is 17.5. The lowest BCUT2D eigenvalue weighted by Crippen LogP contribution is -2.48. The number of fused-ring (bicyclic) bond motifs is 3. The molecule has 0 unspecified atom stereocenters. The van der Waals surface area contributed by atoms with Crippen molar-refractivity contribution in [3.05, 3.63) is 54.1 Å². The highest BCUT2D eigenvalue weighted by Crippen LogP contribution is 2.47. The first-order valence-electron chi connectivity index (χ1n) is 11.7. The number of benzene rings is 2. The van der Waals surface area contributed by atoms with Gasteiger partial charge in [0.2, 0.25) is 5.91 Å². The summed E-state index contributed by atoms with van der Waals surface area (Å²) in [6.07, 6.45) is -0.313. The highest BCUT2D eigenvalue weighted by atomic mass is 16.6. The van der Waals surface area contributed by atoms with Gasteiger partial charge in [-0.15, -0.1) is 0 Å². The Kier molecular flexibility index (Phi) is 6.66. The second kappa shape index (κ2) is 10.0. The van der Waals surface area contributed by atoms with Crippen molar-refractivity contribution in [2.24, 2.45) is 0 Å². The van der Waals surface area contributed by atoms with Gasteiger partial charge in [0, 0.05) is 35.9 Å². The summed E-state index contributed by atoms with van der Waals surface area (Å²) in [5, 5.41) is 15.6. The Morgan fingerprint density at radius 1 is 1.03 bits per heavy atom. The number of nitrogens with one attached hydrogen (secondary N) is 2. The largest absolute Gasteiger partial charge is 0.487 e. The molecule has 34 heavy (non-hydrogen) atoms. The maximum atomic E-state index is 12.8. The molecule has 0 aromatic heterocycles. The fraction of sp³-hybridized carbons (Fsp3) is 0.440. The molecule has 3 amide bonds. The van der Waals surface area contributed by atoms with Gasteiger partial charge in [-0.25, -0.2) is 4.79 Å². The first-order valence-corrected chi connectivity index (χ1v) is 11.7. The average Bonchev–Trinajstić information content (AvgIpc) is 3.22. The SMILES string of the molecule is O=C(Nc1ccccc1)Nc1ccc2c(c1)[C@H]1C[C@H](CC(=O)N3CCOCC3)O[C@H](CO)[C@H]1O2. The van der Waals surface area contributed by atoms with Crippen molar-refractivity contribution in [3.8, 4) is 5.75 Å². The highest BCUT2D eigenvalue weighted by molar-refractivity contribution is 5.99. The van der Waals surface area contributed by atoms with Crippen LogP contribution < -0.4 is 15.4 Å². The summed E-state index contributed by atoms with van der Waals surface area (Å²) in [6.45, 7) is 2.09. The van der Waals surface area contributed by atoms with Crippen LogP contribution in [0.3, 0.4) is 0 Å². The van der Waals surface area contributed by atoms with E-state index in [1.807, 2.05) is 42.5 Å². The maximum Gasteiger partial charge on any atom is 0.323 e. The number of ether oxygens (including phenoxy) is 3. The van der Waals surface area contributed by atoms with E-state index in [9.17, 15) is 14.7 Å². The van der Waals surface area contributed by atoms with Gasteiger partial charge in [0.05, 0.1) is 32.3 Å². The zero-order valence-corrected chi connectivity index (χ0v) is 18.8.